The normalized spacial score (nSPS) is 12.9. The van der Waals surface area contributed by atoms with Crippen molar-refractivity contribution in [1.29, 1.82) is 0 Å². The van der Waals surface area contributed by atoms with Gasteiger partial charge in [-0.25, -0.2) is 30.2 Å². The van der Waals surface area contributed by atoms with Crippen molar-refractivity contribution in [3.63, 3.8) is 0 Å². The molecule has 5 rings (SSSR count). The van der Waals surface area contributed by atoms with Gasteiger partial charge in [-0.3, -0.25) is 0 Å². The van der Waals surface area contributed by atoms with Gasteiger partial charge in [0.2, 0.25) is 0 Å². The summed E-state index contributed by atoms with van der Waals surface area (Å²) in [6.07, 6.45) is 6.41. The van der Waals surface area contributed by atoms with Gasteiger partial charge >= 0.3 is 60.5 Å². The van der Waals surface area contributed by atoms with Crippen LogP contribution < -0.4 is 70.2 Å². The molecule has 242 valence electrons. The zero-order valence-corrected chi connectivity index (χ0v) is 32.5. The second kappa shape index (κ2) is 16.5. The summed E-state index contributed by atoms with van der Waals surface area (Å²) in [7, 11) is -14.4. The quantitative estimate of drug-likeness (QED) is 0.147. The molecule has 0 unspecified atom stereocenters. The van der Waals surface area contributed by atoms with Gasteiger partial charge in [0.05, 0.1) is 31.8 Å². The molecule has 0 saturated carbocycles. The van der Waals surface area contributed by atoms with E-state index in [2.05, 4.69) is 10.3 Å². The number of hydrogen-bond acceptors (Lipinski definition) is 12. The minimum atomic E-state index is -4.90. The van der Waals surface area contributed by atoms with Crippen molar-refractivity contribution in [1.82, 2.24) is 0 Å². The van der Waals surface area contributed by atoms with Crippen LogP contribution in [0.1, 0.15) is 18.1 Å². The molecule has 49 heavy (non-hydrogen) atoms. The molecule has 0 fully saturated rings. The van der Waals surface area contributed by atoms with E-state index in [4.69, 9.17) is 5.73 Å². The number of nitrogens with one attached hydrogen (secondary N) is 1. The maximum atomic E-state index is 12.1. The van der Waals surface area contributed by atoms with Gasteiger partial charge in [0.25, 0.3) is 0 Å². The molecule has 3 N–H and O–H groups in total. The summed E-state index contributed by atoms with van der Waals surface area (Å²) >= 11 is 0. The van der Waals surface area contributed by atoms with Crippen molar-refractivity contribution in [2.45, 2.75) is 21.2 Å². The van der Waals surface area contributed by atoms with E-state index >= 15 is 0 Å². The van der Waals surface area contributed by atoms with Gasteiger partial charge in [-0.15, -0.1) is 0 Å². The Labute approximate surface area is 329 Å². The number of rotatable bonds is 9. The number of hydrogen-bond donors (Lipinski definition) is 2. The summed E-state index contributed by atoms with van der Waals surface area (Å²) in [6, 6.07) is 21.9. The largest absolute Gasteiger partial charge is 1.00 e. The second-order valence-electron chi connectivity index (χ2n) is 10.0. The van der Waals surface area contributed by atoms with Crippen molar-refractivity contribution in [2.75, 3.05) is 5.32 Å². The molecule has 0 atom stereocenters. The summed E-state index contributed by atoms with van der Waals surface area (Å²) in [5, 5.41) is 2.92. The van der Waals surface area contributed by atoms with E-state index in [1.165, 1.54) is 48.5 Å². The summed E-state index contributed by atoms with van der Waals surface area (Å²) in [5.74, 6) is 0. The minimum Gasteiger partial charge on any atom is -0.744 e. The van der Waals surface area contributed by atoms with Crippen LogP contribution in [0.15, 0.2) is 141 Å². The Bertz CT molecular complexity index is 2330. The molecule has 1 aliphatic carbocycles. The van der Waals surface area contributed by atoms with Gasteiger partial charge < -0.3 is 24.7 Å². The van der Waals surface area contributed by atoms with Crippen LogP contribution in [0.3, 0.4) is 0 Å². The van der Waals surface area contributed by atoms with E-state index in [1.807, 2.05) is 0 Å². The molecule has 17 heteroatoms. The smallest absolute Gasteiger partial charge is 0.744 e. The van der Waals surface area contributed by atoms with Crippen LogP contribution in [0.25, 0.3) is 5.57 Å². The first kappa shape index (κ1) is 40.7. The van der Waals surface area contributed by atoms with E-state index in [0.717, 1.165) is 6.07 Å². The van der Waals surface area contributed by atoms with E-state index < -0.39 is 45.0 Å². The molecule has 0 saturated heterocycles. The zero-order valence-electron chi connectivity index (χ0n) is 27.1. The molecule has 0 radical (unpaired) electrons. The van der Waals surface area contributed by atoms with Crippen molar-refractivity contribution in [3.05, 3.63) is 138 Å². The number of anilines is 2. The number of aliphatic imine (C=N–C) groups is 1. The fraction of sp³-hybridized carbons (Fsp3) is 0.0312. The maximum absolute atomic E-state index is 12.1. The van der Waals surface area contributed by atoms with Gasteiger partial charge in [-0.2, -0.15) is 0 Å². The SMILES string of the molecule is NCc1c(C(=C2C=CC(=Nc3ccccc3S(=O)(=O)[O-])C=C2)c2ccc(Nc3ccccc3S(=O)(=O)[O-])cc2)cccc1S(=O)(=O)[O-].[H+].[Na+].[Na+]. The molecule has 4 aromatic rings. The molecule has 4 aromatic carbocycles. The molecule has 0 aromatic heterocycles. The van der Waals surface area contributed by atoms with Gasteiger partial charge in [0.15, 0.2) is 0 Å². The van der Waals surface area contributed by atoms with E-state index in [9.17, 15) is 38.9 Å². The number of para-hydroxylation sites is 2. The third-order valence-electron chi connectivity index (χ3n) is 7.02. The van der Waals surface area contributed by atoms with Crippen molar-refractivity contribution in [3.8, 4) is 0 Å². The average molecular weight is 738 g/mol. The monoisotopic (exact) mass is 737 g/mol. The fourth-order valence-electron chi connectivity index (χ4n) is 4.99. The number of nitrogens with two attached hydrogens (primary N) is 1. The van der Waals surface area contributed by atoms with Crippen LogP contribution in [0.5, 0.6) is 0 Å². The Morgan fingerprint density at radius 3 is 1.76 bits per heavy atom. The Morgan fingerprint density at radius 2 is 1.18 bits per heavy atom. The fourth-order valence-corrected chi connectivity index (χ4v) is 6.98. The van der Waals surface area contributed by atoms with E-state index in [0.29, 0.717) is 33.7 Å². The van der Waals surface area contributed by atoms with Crippen LogP contribution in [0.4, 0.5) is 17.1 Å². The summed E-state index contributed by atoms with van der Waals surface area (Å²) in [5.41, 5.74) is 8.72. The molecule has 0 spiro atoms. The van der Waals surface area contributed by atoms with Gasteiger partial charge in [0.1, 0.15) is 30.4 Å². The van der Waals surface area contributed by atoms with Crippen LogP contribution in [-0.2, 0) is 36.9 Å². The van der Waals surface area contributed by atoms with Crippen molar-refractivity contribution >= 4 is 58.7 Å². The zero-order chi connectivity index (χ0) is 34.0. The number of nitrogens with zero attached hydrogens (tertiary/aromatic N) is 1. The number of benzene rings is 4. The predicted molar refractivity (Wildman–Crippen MR) is 173 cm³/mol. The van der Waals surface area contributed by atoms with Gasteiger partial charge in [0, 0.05) is 12.2 Å². The molecule has 0 aliphatic heterocycles. The Kier molecular flexibility index (Phi) is 13.7. The molecule has 0 amide bonds. The molecule has 1 aliphatic rings. The predicted octanol–water partition coefficient (Wildman–Crippen LogP) is -1.58. The third kappa shape index (κ3) is 9.74. The van der Waals surface area contributed by atoms with Crippen LogP contribution >= 0.6 is 0 Å². The second-order valence-corrected chi connectivity index (χ2v) is 14.1. The Hall–Kier alpha value is -2.74. The van der Waals surface area contributed by atoms with Crippen molar-refractivity contribution in [2.24, 2.45) is 10.7 Å². The average Bonchev–Trinajstić information content (AvgIpc) is 3.02. The van der Waals surface area contributed by atoms with E-state index in [-0.39, 0.29) is 84.0 Å². The minimum absolute atomic E-state index is 0. The van der Waals surface area contributed by atoms with Crippen LogP contribution in [-0.4, -0.2) is 44.6 Å². The summed E-state index contributed by atoms with van der Waals surface area (Å²) in [4.78, 5) is 2.91. The van der Waals surface area contributed by atoms with Gasteiger partial charge in [-0.05, 0) is 82.5 Å². The number of allylic oxidation sites excluding steroid dienone is 5. The summed E-state index contributed by atoms with van der Waals surface area (Å²) < 4.78 is 107. The van der Waals surface area contributed by atoms with Gasteiger partial charge in [-0.1, -0.05) is 60.7 Å². The van der Waals surface area contributed by atoms with Crippen LogP contribution in [0, 0.1) is 0 Å². The first-order valence-electron chi connectivity index (χ1n) is 13.6. The Balaban J connectivity index is 0.00000289. The first-order valence-corrected chi connectivity index (χ1v) is 17.8. The van der Waals surface area contributed by atoms with E-state index in [1.54, 1.807) is 60.7 Å². The standard InChI is InChI=1S/C32H27N3O9S3.2Na/c33-20-26-25(6-5-11-29(26)45(36,37)38)32(21-12-16-23(17-13-21)34-27-7-1-3-9-30(27)46(39,40)41)22-14-18-24(19-15-22)35-28-8-2-4-10-31(28)47(42,43)44;;/h1-19,34H,20,33H2,(H,36,37,38)(H,39,40,41)(H,42,43,44);;/q;2*+1/p-2. The van der Waals surface area contributed by atoms with Crippen molar-refractivity contribution < 1.29 is 99.5 Å². The molecular weight excluding hydrogens is 713 g/mol. The first-order chi connectivity index (χ1) is 22.2. The maximum Gasteiger partial charge on any atom is 1.00 e. The Morgan fingerprint density at radius 1 is 0.653 bits per heavy atom. The molecule has 12 nitrogen and oxygen atoms in total. The molecular formula is C32H25N3Na2O9S3. The molecule has 0 bridgehead atoms. The topological polar surface area (TPSA) is 222 Å². The van der Waals surface area contributed by atoms with Crippen LogP contribution in [0.2, 0.25) is 0 Å². The molecule has 0 heterocycles. The third-order valence-corrected chi connectivity index (χ3v) is 9.72. The summed E-state index contributed by atoms with van der Waals surface area (Å²) in [6.45, 7) is -0.287.